The Morgan fingerprint density at radius 2 is 2.00 bits per heavy atom. The second-order valence-electron chi connectivity index (χ2n) is 6.72. The van der Waals surface area contributed by atoms with Crippen LogP contribution in [0.4, 0.5) is 0 Å². The topological polar surface area (TPSA) is 30.5 Å². The third kappa shape index (κ3) is 2.57. The van der Waals surface area contributed by atoms with E-state index in [0.717, 1.165) is 6.61 Å². The molecular formula is C15H25NO2S. The highest BCUT2D eigenvalue weighted by molar-refractivity contribution is 7.99. The molecule has 4 rings (SSSR count). The van der Waals surface area contributed by atoms with Gasteiger partial charge in [-0.15, -0.1) is 0 Å². The molecule has 0 radical (unpaired) electrons. The third-order valence-electron chi connectivity index (χ3n) is 5.45. The first-order valence-electron chi connectivity index (χ1n) is 7.96. The van der Waals surface area contributed by atoms with Crippen LogP contribution in [0.25, 0.3) is 0 Å². The predicted octanol–water partition coefficient (Wildman–Crippen LogP) is 2.34. The fraction of sp³-hybridized carbons (Fsp3) is 1.00. The summed E-state index contributed by atoms with van der Waals surface area (Å²) in [5, 5.41) is 3.91. The minimum atomic E-state index is 0.208. The molecule has 4 unspecified atom stereocenters. The van der Waals surface area contributed by atoms with Gasteiger partial charge in [0, 0.05) is 18.7 Å². The Kier molecular flexibility index (Phi) is 3.55. The summed E-state index contributed by atoms with van der Waals surface area (Å²) in [6.07, 6.45) is 9.78. The van der Waals surface area contributed by atoms with E-state index >= 15 is 0 Å². The van der Waals surface area contributed by atoms with Gasteiger partial charge in [-0.1, -0.05) is 0 Å². The first kappa shape index (κ1) is 12.9. The molecule has 0 aromatic heterocycles. The van der Waals surface area contributed by atoms with Crippen LogP contribution >= 0.6 is 11.8 Å². The fourth-order valence-corrected chi connectivity index (χ4v) is 5.61. The molecule has 4 fully saturated rings. The zero-order valence-corrected chi connectivity index (χ0v) is 12.4. The van der Waals surface area contributed by atoms with Crippen molar-refractivity contribution in [2.45, 2.75) is 74.8 Å². The molecule has 0 aliphatic carbocycles. The van der Waals surface area contributed by atoms with E-state index in [4.69, 9.17) is 9.47 Å². The molecule has 4 aliphatic rings. The zero-order valence-electron chi connectivity index (χ0n) is 11.6. The Labute approximate surface area is 120 Å². The molecule has 4 saturated heterocycles. The van der Waals surface area contributed by atoms with Gasteiger partial charge in [0.05, 0.1) is 17.8 Å². The van der Waals surface area contributed by atoms with E-state index in [1.807, 2.05) is 0 Å². The summed E-state index contributed by atoms with van der Waals surface area (Å²) in [5.74, 6) is 2.56. The molecule has 2 bridgehead atoms. The largest absolute Gasteiger partial charge is 0.375 e. The highest BCUT2D eigenvalue weighted by Crippen LogP contribution is 2.39. The first-order valence-corrected chi connectivity index (χ1v) is 9.12. The van der Waals surface area contributed by atoms with Gasteiger partial charge in [0.15, 0.2) is 0 Å². The van der Waals surface area contributed by atoms with Gasteiger partial charge >= 0.3 is 0 Å². The van der Waals surface area contributed by atoms with Crippen LogP contribution in [0.15, 0.2) is 0 Å². The summed E-state index contributed by atoms with van der Waals surface area (Å²) in [7, 11) is 0. The van der Waals surface area contributed by atoms with Gasteiger partial charge in [-0.3, -0.25) is 0 Å². The van der Waals surface area contributed by atoms with Crippen molar-refractivity contribution in [3.63, 3.8) is 0 Å². The molecule has 1 spiro atoms. The van der Waals surface area contributed by atoms with Gasteiger partial charge in [0.1, 0.15) is 0 Å². The standard InChI is InChI=1S/C15H25NO2S/c1-2-14-13(9-12(1)18-14)16-11-3-6-17-15(10-11)4-7-19-8-5-15/h11-14,16H,1-10H2. The maximum atomic E-state index is 6.18. The van der Waals surface area contributed by atoms with E-state index in [2.05, 4.69) is 17.1 Å². The van der Waals surface area contributed by atoms with Gasteiger partial charge in [-0.05, 0) is 56.5 Å². The molecule has 3 nitrogen and oxygen atoms in total. The summed E-state index contributed by atoms with van der Waals surface area (Å²) in [5.41, 5.74) is 0.208. The Bertz CT molecular complexity index is 327. The van der Waals surface area contributed by atoms with Gasteiger partial charge in [-0.25, -0.2) is 0 Å². The Hall–Kier alpha value is 0.230. The summed E-state index contributed by atoms with van der Waals surface area (Å²) in [6.45, 7) is 0.948. The van der Waals surface area contributed by atoms with Crippen LogP contribution in [0.3, 0.4) is 0 Å². The van der Waals surface area contributed by atoms with E-state index < -0.39 is 0 Å². The van der Waals surface area contributed by atoms with Crippen molar-refractivity contribution in [1.82, 2.24) is 5.32 Å². The molecule has 4 aliphatic heterocycles. The second-order valence-corrected chi connectivity index (χ2v) is 7.94. The fourth-order valence-electron chi connectivity index (χ4n) is 4.38. The van der Waals surface area contributed by atoms with Crippen LogP contribution < -0.4 is 5.32 Å². The van der Waals surface area contributed by atoms with Crippen molar-refractivity contribution >= 4 is 11.8 Å². The zero-order chi connectivity index (χ0) is 12.7. The highest BCUT2D eigenvalue weighted by Gasteiger charge is 2.44. The van der Waals surface area contributed by atoms with Crippen molar-refractivity contribution in [1.29, 1.82) is 0 Å². The monoisotopic (exact) mass is 283 g/mol. The van der Waals surface area contributed by atoms with Crippen LogP contribution in [-0.2, 0) is 9.47 Å². The molecular weight excluding hydrogens is 258 g/mol. The maximum Gasteiger partial charge on any atom is 0.0733 e. The third-order valence-corrected chi connectivity index (χ3v) is 6.44. The molecule has 0 aromatic carbocycles. The van der Waals surface area contributed by atoms with Crippen LogP contribution in [0, 0.1) is 0 Å². The lowest BCUT2D eigenvalue weighted by molar-refractivity contribution is -0.0948. The highest BCUT2D eigenvalue weighted by atomic mass is 32.2. The lowest BCUT2D eigenvalue weighted by Gasteiger charge is -2.44. The smallest absolute Gasteiger partial charge is 0.0733 e. The van der Waals surface area contributed by atoms with Crippen molar-refractivity contribution < 1.29 is 9.47 Å². The van der Waals surface area contributed by atoms with Crippen LogP contribution in [0.1, 0.15) is 44.9 Å². The van der Waals surface area contributed by atoms with Crippen molar-refractivity contribution in [2.24, 2.45) is 0 Å². The van der Waals surface area contributed by atoms with Crippen LogP contribution in [-0.4, -0.2) is 48.0 Å². The van der Waals surface area contributed by atoms with Gasteiger partial charge in [0.25, 0.3) is 0 Å². The van der Waals surface area contributed by atoms with E-state index in [1.54, 1.807) is 0 Å². The molecule has 19 heavy (non-hydrogen) atoms. The molecule has 0 amide bonds. The van der Waals surface area contributed by atoms with Gasteiger partial charge < -0.3 is 14.8 Å². The molecule has 4 heteroatoms. The molecule has 0 aromatic rings. The number of thioether (sulfide) groups is 1. The quantitative estimate of drug-likeness (QED) is 0.842. The molecule has 1 N–H and O–H groups in total. The lowest BCUT2D eigenvalue weighted by Crippen LogP contribution is -2.52. The molecule has 4 heterocycles. The van der Waals surface area contributed by atoms with Crippen LogP contribution in [0.5, 0.6) is 0 Å². The number of rotatable bonds is 2. The number of hydrogen-bond donors (Lipinski definition) is 1. The van der Waals surface area contributed by atoms with Crippen molar-refractivity contribution in [2.75, 3.05) is 18.1 Å². The lowest BCUT2D eigenvalue weighted by atomic mass is 9.84. The number of fused-ring (bicyclic) bond motifs is 2. The first-order chi connectivity index (χ1) is 9.33. The minimum absolute atomic E-state index is 0.208. The van der Waals surface area contributed by atoms with E-state index in [-0.39, 0.29) is 5.60 Å². The predicted molar refractivity (Wildman–Crippen MR) is 77.7 cm³/mol. The SMILES string of the molecule is C1CC(NC2CC3CCC2O3)CC2(CCSCC2)O1. The number of hydrogen-bond acceptors (Lipinski definition) is 4. The van der Waals surface area contributed by atoms with E-state index in [9.17, 15) is 0 Å². The summed E-state index contributed by atoms with van der Waals surface area (Å²) >= 11 is 2.09. The Balaban J connectivity index is 1.36. The summed E-state index contributed by atoms with van der Waals surface area (Å²) < 4.78 is 12.1. The minimum Gasteiger partial charge on any atom is -0.375 e. The number of ether oxygens (including phenoxy) is 2. The average Bonchev–Trinajstić information content (AvgIpc) is 3.02. The Morgan fingerprint density at radius 1 is 1.11 bits per heavy atom. The van der Waals surface area contributed by atoms with E-state index in [1.165, 1.54) is 56.5 Å². The molecule has 0 saturated carbocycles. The van der Waals surface area contributed by atoms with E-state index in [0.29, 0.717) is 24.3 Å². The summed E-state index contributed by atoms with van der Waals surface area (Å²) in [6, 6.07) is 1.28. The van der Waals surface area contributed by atoms with Gasteiger partial charge in [-0.2, -0.15) is 11.8 Å². The average molecular weight is 283 g/mol. The number of nitrogens with one attached hydrogen (secondary N) is 1. The van der Waals surface area contributed by atoms with Crippen molar-refractivity contribution in [3.8, 4) is 0 Å². The molecule has 108 valence electrons. The summed E-state index contributed by atoms with van der Waals surface area (Å²) in [4.78, 5) is 0. The van der Waals surface area contributed by atoms with Gasteiger partial charge in [0.2, 0.25) is 0 Å². The second kappa shape index (κ2) is 5.21. The maximum absolute atomic E-state index is 6.18. The van der Waals surface area contributed by atoms with Crippen molar-refractivity contribution in [3.05, 3.63) is 0 Å². The molecule has 4 atom stereocenters. The van der Waals surface area contributed by atoms with Crippen LogP contribution in [0.2, 0.25) is 0 Å². The normalized spacial score (nSPS) is 44.8. The Morgan fingerprint density at radius 3 is 2.74 bits per heavy atom.